The van der Waals surface area contributed by atoms with E-state index in [1.807, 2.05) is 4.90 Å². The van der Waals surface area contributed by atoms with Crippen LogP contribution in [0.4, 0.5) is 0 Å². The summed E-state index contributed by atoms with van der Waals surface area (Å²) in [6.07, 6.45) is 2.07. The summed E-state index contributed by atoms with van der Waals surface area (Å²) >= 11 is 6.17. The number of amides is 1. The van der Waals surface area contributed by atoms with Crippen LogP contribution in [0.5, 0.6) is 0 Å². The third kappa shape index (κ3) is 3.98. The lowest BCUT2D eigenvalue weighted by Crippen LogP contribution is -2.42. The molecule has 1 amide bonds. The molecule has 0 spiro atoms. The number of nitrogens with zero attached hydrogens (tertiary/aromatic N) is 1. The van der Waals surface area contributed by atoms with Gasteiger partial charge in [-0.25, -0.2) is 0 Å². The molecule has 0 bridgehead atoms. The van der Waals surface area contributed by atoms with Crippen molar-refractivity contribution in [2.24, 2.45) is 5.73 Å². The van der Waals surface area contributed by atoms with Crippen LogP contribution in [0.15, 0.2) is 18.2 Å². The van der Waals surface area contributed by atoms with E-state index >= 15 is 0 Å². The van der Waals surface area contributed by atoms with E-state index in [0.717, 1.165) is 19.4 Å². The summed E-state index contributed by atoms with van der Waals surface area (Å²) in [5.41, 5.74) is 6.60. The van der Waals surface area contributed by atoms with E-state index in [1.165, 1.54) is 0 Å². The summed E-state index contributed by atoms with van der Waals surface area (Å²) in [7, 11) is 1.68. The smallest absolute Gasteiger partial charge is 0.253 e. The molecule has 1 unspecified atom stereocenters. The van der Waals surface area contributed by atoms with Crippen LogP contribution in [0.25, 0.3) is 0 Å². The van der Waals surface area contributed by atoms with Gasteiger partial charge >= 0.3 is 0 Å². The topological polar surface area (TPSA) is 55.6 Å². The van der Waals surface area contributed by atoms with Gasteiger partial charge in [-0.05, 0) is 31.0 Å². The van der Waals surface area contributed by atoms with E-state index in [2.05, 4.69) is 11.8 Å². The molecule has 1 aromatic carbocycles. The number of hydrogen-bond donors (Lipinski definition) is 1. The Bertz CT molecular complexity index is 577. The highest BCUT2D eigenvalue weighted by Crippen LogP contribution is 2.20. The SMILES string of the molecule is COC1CCCN(C(=O)c2ccc(C#CCN)c(Cl)c2)C1. The Balaban J connectivity index is 2.14. The second kappa shape index (κ2) is 7.46. The summed E-state index contributed by atoms with van der Waals surface area (Å²) in [5, 5.41) is 0.474. The van der Waals surface area contributed by atoms with Crippen molar-refractivity contribution in [1.29, 1.82) is 0 Å². The third-order valence-corrected chi connectivity index (χ3v) is 3.85. The van der Waals surface area contributed by atoms with Crippen molar-refractivity contribution in [1.82, 2.24) is 4.90 Å². The number of methoxy groups -OCH3 is 1. The molecule has 0 aromatic heterocycles. The average molecular weight is 307 g/mol. The predicted molar refractivity (Wildman–Crippen MR) is 83.3 cm³/mol. The van der Waals surface area contributed by atoms with E-state index in [-0.39, 0.29) is 18.6 Å². The number of rotatable bonds is 2. The van der Waals surface area contributed by atoms with Crippen LogP contribution in [0.3, 0.4) is 0 Å². The van der Waals surface area contributed by atoms with Crippen molar-refractivity contribution in [2.45, 2.75) is 18.9 Å². The second-order valence-electron chi connectivity index (χ2n) is 4.95. The molecular formula is C16H19ClN2O2. The molecule has 2 rings (SSSR count). The Morgan fingerprint density at radius 2 is 2.38 bits per heavy atom. The lowest BCUT2D eigenvalue weighted by atomic mass is 10.1. The molecular weight excluding hydrogens is 288 g/mol. The Kier molecular flexibility index (Phi) is 5.63. The predicted octanol–water partition coefficient (Wildman–Crippen LogP) is 1.90. The van der Waals surface area contributed by atoms with Gasteiger partial charge in [0.15, 0.2) is 0 Å². The van der Waals surface area contributed by atoms with Gasteiger partial charge < -0.3 is 15.4 Å². The van der Waals surface area contributed by atoms with Gasteiger partial charge in [-0.3, -0.25) is 4.79 Å². The molecule has 1 aromatic rings. The van der Waals surface area contributed by atoms with E-state index in [0.29, 0.717) is 22.7 Å². The monoisotopic (exact) mass is 306 g/mol. The number of ether oxygens (including phenoxy) is 1. The summed E-state index contributed by atoms with van der Waals surface area (Å²) in [6, 6.07) is 5.18. The van der Waals surface area contributed by atoms with E-state index in [9.17, 15) is 4.79 Å². The maximum absolute atomic E-state index is 12.5. The van der Waals surface area contributed by atoms with Crippen molar-refractivity contribution >= 4 is 17.5 Å². The second-order valence-corrected chi connectivity index (χ2v) is 5.36. The highest BCUT2D eigenvalue weighted by molar-refractivity contribution is 6.32. The van der Waals surface area contributed by atoms with E-state index in [4.69, 9.17) is 22.1 Å². The Hall–Kier alpha value is -1.54. The molecule has 112 valence electrons. The van der Waals surface area contributed by atoms with Crippen molar-refractivity contribution in [3.8, 4) is 11.8 Å². The molecule has 1 aliphatic rings. The number of likely N-dealkylation sites (tertiary alicyclic amines) is 1. The summed E-state index contributed by atoms with van der Waals surface area (Å²) in [5.74, 6) is 5.62. The normalized spacial score (nSPS) is 18.0. The molecule has 4 nitrogen and oxygen atoms in total. The number of nitrogens with two attached hydrogens (primary N) is 1. The van der Waals surface area contributed by atoms with Crippen LogP contribution in [-0.2, 0) is 4.74 Å². The third-order valence-electron chi connectivity index (χ3n) is 3.54. The van der Waals surface area contributed by atoms with Gasteiger partial charge in [0, 0.05) is 31.3 Å². The molecule has 1 heterocycles. The molecule has 0 radical (unpaired) electrons. The van der Waals surface area contributed by atoms with Crippen molar-refractivity contribution in [2.75, 3.05) is 26.7 Å². The number of carbonyl (C=O) groups is 1. The van der Waals surface area contributed by atoms with Crippen LogP contribution < -0.4 is 5.73 Å². The van der Waals surface area contributed by atoms with Crippen molar-refractivity contribution < 1.29 is 9.53 Å². The van der Waals surface area contributed by atoms with Crippen LogP contribution in [0.1, 0.15) is 28.8 Å². The van der Waals surface area contributed by atoms with E-state index in [1.54, 1.807) is 25.3 Å². The maximum atomic E-state index is 12.5. The molecule has 0 saturated carbocycles. The lowest BCUT2D eigenvalue weighted by molar-refractivity contribution is 0.0269. The fraction of sp³-hybridized carbons (Fsp3) is 0.438. The number of benzene rings is 1. The number of hydrogen-bond acceptors (Lipinski definition) is 3. The number of carbonyl (C=O) groups excluding carboxylic acids is 1. The Labute approximate surface area is 130 Å². The zero-order chi connectivity index (χ0) is 15.2. The van der Waals surface area contributed by atoms with Crippen molar-refractivity contribution in [3.63, 3.8) is 0 Å². The molecule has 1 aliphatic heterocycles. The van der Waals surface area contributed by atoms with Gasteiger partial charge in [0.25, 0.3) is 5.91 Å². The first-order chi connectivity index (χ1) is 10.2. The van der Waals surface area contributed by atoms with Crippen molar-refractivity contribution in [3.05, 3.63) is 34.3 Å². The number of halogens is 1. The van der Waals surface area contributed by atoms with E-state index < -0.39 is 0 Å². The molecule has 21 heavy (non-hydrogen) atoms. The standard InChI is InChI=1S/C16H19ClN2O2/c1-21-14-5-3-9-19(11-14)16(20)13-7-6-12(4-2-8-18)15(17)10-13/h6-7,10,14H,3,5,8-9,11,18H2,1H3. The lowest BCUT2D eigenvalue weighted by Gasteiger charge is -2.32. The number of piperidine rings is 1. The summed E-state index contributed by atoms with van der Waals surface area (Å²) < 4.78 is 5.34. The highest BCUT2D eigenvalue weighted by Gasteiger charge is 2.24. The van der Waals surface area contributed by atoms with Crippen LogP contribution >= 0.6 is 11.6 Å². The van der Waals surface area contributed by atoms with Crippen LogP contribution in [0, 0.1) is 11.8 Å². The first kappa shape index (κ1) is 15.8. The fourth-order valence-corrected chi connectivity index (χ4v) is 2.62. The minimum Gasteiger partial charge on any atom is -0.380 e. The fourth-order valence-electron chi connectivity index (χ4n) is 2.39. The molecule has 1 saturated heterocycles. The molecule has 2 N–H and O–H groups in total. The van der Waals surface area contributed by atoms with Gasteiger partial charge in [0.2, 0.25) is 0 Å². The van der Waals surface area contributed by atoms with Gasteiger partial charge in [-0.1, -0.05) is 23.4 Å². The highest BCUT2D eigenvalue weighted by atomic mass is 35.5. The first-order valence-electron chi connectivity index (χ1n) is 6.96. The quantitative estimate of drug-likeness (QED) is 0.849. The molecule has 5 heteroatoms. The average Bonchev–Trinajstić information content (AvgIpc) is 2.53. The Morgan fingerprint density at radius 3 is 3.05 bits per heavy atom. The Morgan fingerprint density at radius 1 is 1.57 bits per heavy atom. The molecule has 1 fully saturated rings. The molecule has 1 atom stereocenters. The zero-order valence-corrected chi connectivity index (χ0v) is 12.8. The van der Waals surface area contributed by atoms with Gasteiger partial charge in [-0.15, -0.1) is 0 Å². The minimum atomic E-state index is -0.0167. The maximum Gasteiger partial charge on any atom is 0.253 e. The summed E-state index contributed by atoms with van der Waals surface area (Å²) in [6.45, 7) is 1.66. The van der Waals surface area contributed by atoms with Gasteiger partial charge in [-0.2, -0.15) is 0 Å². The van der Waals surface area contributed by atoms with Crippen LogP contribution in [-0.4, -0.2) is 43.7 Å². The van der Waals surface area contributed by atoms with Gasteiger partial charge in [0.05, 0.1) is 17.7 Å². The minimum absolute atomic E-state index is 0.0167. The summed E-state index contributed by atoms with van der Waals surface area (Å²) in [4.78, 5) is 14.3. The molecule has 0 aliphatic carbocycles. The van der Waals surface area contributed by atoms with Crippen LogP contribution in [0.2, 0.25) is 5.02 Å². The first-order valence-corrected chi connectivity index (χ1v) is 7.34. The largest absolute Gasteiger partial charge is 0.380 e. The zero-order valence-electron chi connectivity index (χ0n) is 12.1. The van der Waals surface area contributed by atoms with Gasteiger partial charge in [0.1, 0.15) is 0 Å².